The molecule has 1 N–H and O–H groups in total. The number of rotatable bonds is 3. The fraction of sp³-hybridized carbons (Fsp3) is 0.222. The predicted octanol–water partition coefficient (Wildman–Crippen LogP) is 2.50. The molecule has 5 nitrogen and oxygen atoms in total. The maximum Gasteiger partial charge on any atom is 0.516 e. The quantitative estimate of drug-likeness (QED) is 0.839. The minimum Gasteiger partial charge on any atom is -0.465 e. The molecule has 0 unspecified atom stereocenters. The van der Waals surface area contributed by atoms with E-state index in [1.807, 2.05) is 0 Å². The van der Waals surface area contributed by atoms with Crippen molar-refractivity contribution in [2.75, 3.05) is 11.8 Å². The zero-order valence-electron chi connectivity index (χ0n) is 9.29. The van der Waals surface area contributed by atoms with Gasteiger partial charge in [0.2, 0.25) is 0 Å². The van der Waals surface area contributed by atoms with E-state index in [0.29, 0.717) is 4.47 Å². The summed E-state index contributed by atoms with van der Waals surface area (Å²) in [6.45, 7) is 0. The molecule has 0 atom stereocenters. The van der Waals surface area contributed by atoms with Crippen LogP contribution in [0.5, 0.6) is 0 Å². The first-order chi connectivity index (χ1) is 8.58. The Balaban J connectivity index is 3.26. The second-order valence-electron chi connectivity index (χ2n) is 3.23. The smallest absolute Gasteiger partial charge is 0.465 e. The lowest BCUT2D eigenvalue weighted by atomic mass is 10.2. The van der Waals surface area contributed by atoms with E-state index in [9.17, 15) is 26.4 Å². The van der Waals surface area contributed by atoms with E-state index in [4.69, 9.17) is 0 Å². The molecule has 0 saturated carbocycles. The summed E-state index contributed by atoms with van der Waals surface area (Å²) in [5.41, 5.74) is -6.34. The van der Waals surface area contributed by atoms with Crippen LogP contribution < -0.4 is 4.72 Å². The number of anilines is 1. The molecule has 0 spiro atoms. The largest absolute Gasteiger partial charge is 0.516 e. The first kappa shape index (κ1) is 15.8. The third-order valence-corrected chi connectivity index (χ3v) is 3.53. The van der Waals surface area contributed by atoms with Gasteiger partial charge in [-0.15, -0.1) is 0 Å². The molecule has 0 heterocycles. The van der Waals surface area contributed by atoms with Crippen LogP contribution in [0.2, 0.25) is 0 Å². The van der Waals surface area contributed by atoms with Crippen LogP contribution in [0.25, 0.3) is 0 Å². The van der Waals surface area contributed by atoms with Crippen LogP contribution in [0.15, 0.2) is 22.7 Å². The van der Waals surface area contributed by atoms with Crippen molar-refractivity contribution in [3.63, 3.8) is 0 Å². The molecule has 1 rings (SSSR count). The summed E-state index contributed by atoms with van der Waals surface area (Å²) in [6.07, 6.45) is 0. The Labute approximate surface area is 114 Å². The van der Waals surface area contributed by atoms with E-state index in [-0.39, 0.29) is 5.56 Å². The van der Waals surface area contributed by atoms with Crippen LogP contribution in [-0.4, -0.2) is 27.0 Å². The Morgan fingerprint density at radius 3 is 2.42 bits per heavy atom. The maximum atomic E-state index is 12.2. The van der Waals surface area contributed by atoms with Crippen molar-refractivity contribution in [3.05, 3.63) is 28.2 Å². The molecule has 1 aromatic rings. The van der Waals surface area contributed by atoms with Crippen molar-refractivity contribution in [2.24, 2.45) is 0 Å². The highest BCUT2D eigenvalue weighted by molar-refractivity contribution is 9.10. The van der Waals surface area contributed by atoms with Crippen LogP contribution in [-0.2, 0) is 14.8 Å². The molecular formula is C9H7BrF3NO4S. The van der Waals surface area contributed by atoms with Gasteiger partial charge in [-0.25, -0.2) is 4.79 Å². The van der Waals surface area contributed by atoms with Crippen molar-refractivity contribution in [2.45, 2.75) is 5.51 Å². The highest BCUT2D eigenvalue weighted by atomic mass is 79.9. The second kappa shape index (κ2) is 5.37. The number of carbonyl (C=O) groups excluding carboxylic acids is 1. The topological polar surface area (TPSA) is 72.5 Å². The van der Waals surface area contributed by atoms with Crippen LogP contribution in [0.3, 0.4) is 0 Å². The molecule has 0 saturated heterocycles. The van der Waals surface area contributed by atoms with E-state index >= 15 is 0 Å². The molecule has 0 amide bonds. The molecule has 0 fully saturated rings. The van der Waals surface area contributed by atoms with Gasteiger partial charge < -0.3 is 4.74 Å². The molecule has 1 aromatic carbocycles. The zero-order valence-corrected chi connectivity index (χ0v) is 11.7. The third-order valence-electron chi connectivity index (χ3n) is 1.94. The SMILES string of the molecule is COC(=O)c1cc(Br)ccc1NS(=O)(=O)C(F)(F)F. The number of hydrogen-bond donors (Lipinski definition) is 1. The first-order valence-electron chi connectivity index (χ1n) is 4.55. The van der Waals surface area contributed by atoms with E-state index in [0.717, 1.165) is 19.2 Å². The second-order valence-corrected chi connectivity index (χ2v) is 5.82. The Morgan fingerprint density at radius 1 is 1.37 bits per heavy atom. The average molecular weight is 362 g/mol. The fourth-order valence-electron chi connectivity index (χ4n) is 1.09. The summed E-state index contributed by atoms with van der Waals surface area (Å²) in [4.78, 5) is 11.4. The lowest BCUT2D eigenvalue weighted by molar-refractivity contribution is -0.0429. The number of sulfonamides is 1. The van der Waals surface area contributed by atoms with Crippen molar-refractivity contribution in [1.82, 2.24) is 0 Å². The summed E-state index contributed by atoms with van der Waals surface area (Å²) in [7, 11) is -4.58. The third kappa shape index (κ3) is 3.60. The number of carbonyl (C=O) groups is 1. The highest BCUT2D eigenvalue weighted by Crippen LogP contribution is 2.28. The number of esters is 1. The number of hydrogen-bond acceptors (Lipinski definition) is 4. The van der Waals surface area contributed by atoms with E-state index in [2.05, 4.69) is 20.7 Å². The molecule has 19 heavy (non-hydrogen) atoms. The van der Waals surface area contributed by atoms with Crippen LogP contribution >= 0.6 is 15.9 Å². The number of methoxy groups -OCH3 is 1. The monoisotopic (exact) mass is 361 g/mol. The number of alkyl halides is 3. The maximum absolute atomic E-state index is 12.2. The molecular weight excluding hydrogens is 355 g/mol. The highest BCUT2D eigenvalue weighted by Gasteiger charge is 2.46. The molecule has 0 aromatic heterocycles. The van der Waals surface area contributed by atoms with Gasteiger partial charge in [-0.2, -0.15) is 21.6 Å². The van der Waals surface area contributed by atoms with E-state index in [1.54, 1.807) is 0 Å². The molecule has 0 aliphatic heterocycles. The normalized spacial score (nSPS) is 12.1. The molecule has 0 radical (unpaired) electrons. The predicted molar refractivity (Wildman–Crippen MR) is 64.1 cm³/mol. The van der Waals surface area contributed by atoms with Gasteiger partial charge in [0.05, 0.1) is 18.4 Å². The van der Waals surface area contributed by atoms with Crippen molar-refractivity contribution >= 4 is 37.6 Å². The van der Waals surface area contributed by atoms with Gasteiger partial charge in [-0.1, -0.05) is 15.9 Å². The molecule has 0 bridgehead atoms. The summed E-state index contributed by atoms with van der Waals surface area (Å²) in [6, 6.07) is 3.43. The Kier molecular flexibility index (Phi) is 4.46. The van der Waals surface area contributed by atoms with Gasteiger partial charge in [0, 0.05) is 4.47 Å². The molecule has 106 valence electrons. The minimum atomic E-state index is -5.60. The van der Waals surface area contributed by atoms with Gasteiger partial charge in [0.25, 0.3) is 0 Å². The number of benzene rings is 1. The van der Waals surface area contributed by atoms with Gasteiger partial charge in [-0.3, -0.25) is 4.72 Å². The summed E-state index contributed by atoms with van der Waals surface area (Å²) >= 11 is 3.01. The van der Waals surface area contributed by atoms with Crippen molar-refractivity contribution in [1.29, 1.82) is 0 Å². The number of nitrogens with one attached hydrogen (secondary N) is 1. The molecule has 0 aliphatic rings. The molecule has 0 aliphatic carbocycles. The van der Waals surface area contributed by atoms with E-state index in [1.165, 1.54) is 10.8 Å². The summed E-state index contributed by atoms with van der Waals surface area (Å²) < 4.78 is 64.7. The summed E-state index contributed by atoms with van der Waals surface area (Å²) in [5.74, 6) is -0.971. The Bertz CT molecular complexity index is 600. The lowest BCUT2D eigenvalue weighted by Gasteiger charge is -2.13. The zero-order chi connectivity index (χ0) is 14.8. The Morgan fingerprint density at radius 2 is 1.95 bits per heavy atom. The lowest BCUT2D eigenvalue weighted by Crippen LogP contribution is -2.30. The first-order valence-corrected chi connectivity index (χ1v) is 6.83. The fourth-order valence-corrected chi connectivity index (χ4v) is 2.03. The standard InChI is InChI=1S/C9H7BrF3NO4S/c1-18-8(15)6-4-5(10)2-3-7(6)14-19(16,17)9(11,12)13/h2-4,14H,1H3. The average Bonchev–Trinajstić information content (AvgIpc) is 2.28. The number of ether oxygens (including phenoxy) is 1. The van der Waals surface area contributed by atoms with Gasteiger partial charge in [0.1, 0.15) is 0 Å². The molecule has 10 heteroatoms. The van der Waals surface area contributed by atoms with Crippen LogP contribution in [0.1, 0.15) is 10.4 Å². The Hall–Kier alpha value is -1.29. The van der Waals surface area contributed by atoms with Crippen molar-refractivity contribution in [3.8, 4) is 0 Å². The van der Waals surface area contributed by atoms with Crippen LogP contribution in [0.4, 0.5) is 18.9 Å². The van der Waals surface area contributed by atoms with E-state index < -0.39 is 27.2 Å². The minimum absolute atomic E-state index is 0.343. The van der Waals surface area contributed by atoms with Crippen molar-refractivity contribution < 1.29 is 31.1 Å². The number of halogens is 4. The van der Waals surface area contributed by atoms with Crippen LogP contribution in [0, 0.1) is 0 Å². The van der Waals surface area contributed by atoms with Gasteiger partial charge in [0.15, 0.2) is 0 Å². The van der Waals surface area contributed by atoms with Gasteiger partial charge in [-0.05, 0) is 18.2 Å². The van der Waals surface area contributed by atoms with Gasteiger partial charge >= 0.3 is 21.5 Å². The summed E-state index contributed by atoms with van der Waals surface area (Å²) in [5, 5.41) is 0.